The summed E-state index contributed by atoms with van der Waals surface area (Å²) in [6.45, 7) is 0. The SMILES string of the molecule is Cn1c(SCC(=O)NC2CCCCCCC2)nnc1-c1cccs1. The van der Waals surface area contributed by atoms with Crippen LogP contribution in [-0.2, 0) is 11.8 Å². The molecule has 3 rings (SSSR count). The standard InChI is InChI=1S/C17H24N4OS2/c1-21-16(14-10-7-11-23-14)19-20-17(21)24-12-15(22)18-13-8-5-3-2-4-6-9-13/h7,10-11,13H,2-6,8-9,12H2,1H3,(H,18,22). The van der Waals surface area contributed by atoms with Crippen molar-refractivity contribution in [3.8, 4) is 10.7 Å². The first kappa shape index (κ1) is 17.5. The predicted octanol–water partition coefficient (Wildman–Crippen LogP) is 3.86. The molecular weight excluding hydrogens is 340 g/mol. The van der Waals surface area contributed by atoms with Crippen LogP contribution in [-0.4, -0.2) is 32.5 Å². The van der Waals surface area contributed by atoms with Crippen molar-refractivity contribution in [1.82, 2.24) is 20.1 Å². The largest absolute Gasteiger partial charge is 0.353 e. The van der Waals surface area contributed by atoms with E-state index < -0.39 is 0 Å². The van der Waals surface area contributed by atoms with Gasteiger partial charge >= 0.3 is 0 Å². The molecule has 7 heteroatoms. The van der Waals surface area contributed by atoms with Gasteiger partial charge in [-0.2, -0.15) is 0 Å². The molecule has 0 saturated heterocycles. The van der Waals surface area contributed by atoms with Crippen molar-refractivity contribution >= 4 is 29.0 Å². The Morgan fingerprint density at radius 2 is 2.04 bits per heavy atom. The summed E-state index contributed by atoms with van der Waals surface area (Å²) < 4.78 is 1.96. The molecule has 1 aliphatic rings. The highest BCUT2D eigenvalue weighted by molar-refractivity contribution is 7.99. The van der Waals surface area contributed by atoms with Crippen LogP contribution in [0.25, 0.3) is 10.7 Å². The molecule has 0 unspecified atom stereocenters. The first-order valence-corrected chi connectivity index (χ1v) is 10.5. The van der Waals surface area contributed by atoms with E-state index in [0.29, 0.717) is 11.8 Å². The predicted molar refractivity (Wildman–Crippen MR) is 99.3 cm³/mol. The molecule has 0 bridgehead atoms. The van der Waals surface area contributed by atoms with Crippen LogP contribution in [0, 0.1) is 0 Å². The average Bonchev–Trinajstić information content (AvgIpc) is 3.17. The molecule has 1 fully saturated rings. The van der Waals surface area contributed by atoms with Crippen LogP contribution in [0.3, 0.4) is 0 Å². The van der Waals surface area contributed by atoms with Crippen molar-refractivity contribution < 1.29 is 4.79 Å². The first-order valence-electron chi connectivity index (χ1n) is 8.59. The fourth-order valence-electron chi connectivity index (χ4n) is 3.06. The Bertz CT molecular complexity index is 646. The zero-order chi connectivity index (χ0) is 16.8. The van der Waals surface area contributed by atoms with Gasteiger partial charge in [-0.05, 0) is 24.3 Å². The maximum absolute atomic E-state index is 12.2. The van der Waals surface area contributed by atoms with Crippen LogP contribution in [0.1, 0.15) is 44.9 Å². The van der Waals surface area contributed by atoms with Gasteiger partial charge in [0, 0.05) is 13.1 Å². The molecule has 2 aromatic heterocycles. The van der Waals surface area contributed by atoms with Gasteiger partial charge in [0.05, 0.1) is 10.6 Å². The highest BCUT2D eigenvalue weighted by atomic mass is 32.2. The number of aromatic nitrogens is 3. The smallest absolute Gasteiger partial charge is 0.230 e. The van der Waals surface area contributed by atoms with E-state index in [-0.39, 0.29) is 5.91 Å². The van der Waals surface area contributed by atoms with Crippen molar-refractivity contribution in [3.05, 3.63) is 17.5 Å². The van der Waals surface area contributed by atoms with Gasteiger partial charge in [-0.3, -0.25) is 4.79 Å². The number of amides is 1. The Kier molecular flexibility index (Phi) is 6.31. The molecule has 0 atom stereocenters. The molecule has 0 aliphatic heterocycles. The van der Waals surface area contributed by atoms with E-state index in [1.165, 1.54) is 43.9 Å². The molecule has 0 radical (unpaired) electrons. The normalized spacial score (nSPS) is 16.5. The van der Waals surface area contributed by atoms with Crippen molar-refractivity contribution in [2.75, 3.05) is 5.75 Å². The Balaban J connectivity index is 1.51. The molecule has 0 aromatic carbocycles. The average molecular weight is 365 g/mol. The number of hydrogen-bond donors (Lipinski definition) is 1. The summed E-state index contributed by atoms with van der Waals surface area (Å²) in [5.41, 5.74) is 0. The Morgan fingerprint density at radius 1 is 1.29 bits per heavy atom. The lowest BCUT2D eigenvalue weighted by atomic mass is 9.97. The minimum atomic E-state index is 0.103. The number of nitrogens with one attached hydrogen (secondary N) is 1. The van der Waals surface area contributed by atoms with Crippen molar-refractivity contribution in [3.63, 3.8) is 0 Å². The number of hydrogen-bond acceptors (Lipinski definition) is 5. The molecule has 2 heterocycles. The summed E-state index contributed by atoms with van der Waals surface area (Å²) in [5, 5.41) is 14.5. The maximum Gasteiger partial charge on any atom is 0.230 e. The van der Waals surface area contributed by atoms with E-state index in [9.17, 15) is 4.79 Å². The zero-order valence-electron chi connectivity index (χ0n) is 14.0. The minimum absolute atomic E-state index is 0.103. The number of thiophene rings is 1. The van der Waals surface area contributed by atoms with E-state index in [1.54, 1.807) is 11.3 Å². The second-order valence-electron chi connectivity index (χ2n) is 6.24. The Hall–Kier alpha value is -1.34. The number of carbonyl (C=O) groups excluding carboxylic acids is 1. The molecule has 1 amide bonds. The second-order valence-corrected chi connectivity index (χ2v) is 8.13. The van der Waals surface area contributed by atoms with Gasteiger partial charge in [0.1, 0.15) is 0 Å². The second kappa shape index (κ2) is 8.67. The van der Waals surface area contributed by atoms with E-state index in [1.807, 2.05) is 29.1 Å². The quantitative estimate of drug-likeness (QED) is 0.818. The fraction of sp³-hybridized carbons (Fsp3) is 0.588. The van der Waals surface area contributed by atoms with Crippen LogP contribution < -0.4 is 5.32 Å². The highest BCUT2D eigenvalue weighted by Gasteiger charge is 2.16. The third kappa shape index (κ3) is 4.60. The molecule has 130 valence electrons. The third-order valence-corrected chi connectivity index (χ3v) is 6.27. The van der Waals surface area contributed by atoms with Gasteiger partial charge in [-0.1, -0.05) is 49.9 Å². The summed E-state index contributed by atoms with van der Waals surface area (Å²) in [7, 11) is 1.95. The fourth-order valence-corrected chi connectivity index (χ4v) is 4.53. The molecule has 24 heavy (non-hydrogen) atoms. The van der Waals surface area contributed by atoms with Gasteiger partial charge in [0.25, 0.3) is 0 Å². The monoisotopic (exact) mass is 364 g/mol. The van der Waals surface area contributed by atoms with Gasteiger partial charge < -0.3 is 9.88 Å². The van der Waals surface area contributed by atoms with E-state index in [2.05, 4.69) is 15.5 Å². The first-order chi connectivity index (χ1) is 11.7. The lowest BCUT2D eigenvalue weighted by molar-refractivity contribution is -0.119. The topological polar surface area (TPSA) is 59.8 Å². The molecule has 1 saturated carbocycles. The van der Waals surface area contributed by atoms with Gasteiger partial charge in [-0.25, -0.2) is 0 Å². The van der Waals surface area contributed by atoms with E-state index >= 15 is 0 Å². The summed E-state index contributed by atoms with van der Waals surface area (Å²) in [4.78, 5) is 13.3. The zero-order valence-corrected chi connectivity index (χ0v) is 15.7. The molecular formula is C17H24N4OS2. The van der Waals surface area contributed by atoms with Crippen molar-refractivity contribution in [2.24, 2.45) is 7.05 Å². The number of nitrogens with zero attached hydrogens (tertiary/aromatic N) is 3. The molecule has 0 spiro atoms. The number of thioether (sulfide) groups is 1. The molecule has 1 aliphatic carbocycles. The maximum atomic E-state index is 12.2. The minimum Gasteiger partial charge on any atom is -0.353 e. The number of rotatable bonds is 5. The van der Waals surface area contributed by atoms with E-state index in [0.717, 1.165) is 28.7 Å². The van der Waals surface area contributed by atoms with Crippen LogP contribution in [0.15, 0.2) is 22.7 Å². The molecule has 2 aromatic rings. The summed E-state index contributed by atoms with van der Waals surface area (Å²) in [5.74, 6) is 1.35. The Morgan fingerprint density at radius 3 is 2.75 bits per heavy atom. The summed E-state index contributed by atoms with van der Waals surface area (Å²) in [6, 6.07) is 4.38. The van der Waals surface area contributed by atoms with Gasteiger partial charge in [0.15, 0.2) is 11.0 Å². The highest BCUT2D eigenvalue weighted by Crippen LogP contribution is 2.26. The third-order valence-electron chi connectivity index (χ3n) is 4.38. The van der Waals surface area contributed by atoms with Crippen LogP contribution in [0.4, 0.5) is 0 Å². The van der Waals surface area contributed by atoms with Crippen LogP contribution in [0.5, 0.6) is 0 Å². The van der Waals surface area contributed by atoms with Crippen LogP contribution in [0.2, 0.25) is 0 Å². The molecule has 1 N–H and O–H groups in total. The van der Waals surface area contributed by atoms with Crippen molar-refractivity contribution in [1.29, 1.82) is 0 Å². The molecule has 5 nitrogen and oxygen atoms in total. The van der Waals surface area contributed by atoms with Gasteiger partial charge in [0.2, 0.25) is 5.91 Å². The summed E-state index contributed by atoms with van der Waals surface area (Å²) >= 11 is 3.10. The Labute approximate surface area is 151 Å². The lowest BCUT2D eigenvalue weighted by Crippen LogP contribution is -2.36. The van der Waals surface area contributed by atoms with Gasteiger partial charge in [-0.15, -0.1) is 21.5 Å². The summed E-state index contributed by atoms with van der Waals surface area (Å²) in [6.07, 6.45) is 8.62. The van der Waals surface area contributed by atoms with Crippen molar-refractivity contribution in [2.45, 2.75) is 56.1 Å². The number of carbonyl (C=O) groups is 1. The van der Waals surface area contributed by atoms with E-state index in [4.69, 9.17) is 0 Å². The van der Waals surface area contributed by atoms with Crippen LogP contribution >= 0.6 is 23.1 Å². The lowest BCUT2D eigenvalue weighted by Gasteiger charge is -2.20.